The minimum atomic E-state index is -4.66. The Bertz CT molecular complexity index is 1140. The van der Waals surface area contributed by atoms with Crippen LogP contribution in [0.2, 0.25) is 0 Å². The van der Waals surface area contributed by atoms with Crippen LogP contribution < -0.4 is 5.32 Å². The molecule has 3 N–H and O–H groups in total. The van der Waals surface area contributed by atoms with Gasteiger partial charge in [0.1, 0.15) is 0 Å². The summed E-state index contributed by atoms with van der Waals surface area (Å²) >= 11 is 0. The average Bonchev–Trinajstić information content (AvgIpc) is 3.41. The van der Waals surface area contributed by atoms with Crippen molar-refractivity contribution in [3.8, 4) is 22.8 Å². The molecule has 0 fully saturated rings. The minimum absolute atomic E-state index is 0.000673. The Morgan fingerprint density at radius 1 is 0.897 bits per heavy atom. The van der Waals surface area contributed by atoms with Gasteiger partial charge in [-0.15, -0.1) is 20.4 Å². The highest BCUT2D eigenvalue weighted by molar-refractivity contribution is 6.05. The Hall–Kier alpha value is -4.16. The van der Waals surface area contributed by atoms with Crippen LogP contribution in [0.4, 0.5) is 18.9 Å². The summed E-state index contributed by atoms with van der Waals surface area (Å²) in [5.41, 5.74) is -0.321. The summed E-state index contributed by atoms with van der Waals surface area (Å²) in [6.45, 7) is 0. The molecule has 4 aromatic rings. The molecule has 0 aliphatic carbocycles. The van der Waals surface area contributed by atoms with Crippen molar-refractivity contribution in [1.82, 2.24) is 41.2 Å². The van der Waals surface area contributed by atoms with Crippen LogP contribution in [0.1, 0.15) is 15.9 Å². The first-order valence-corrected chi connectivity index (χ1v) is 8.01. The molecule has 0 radical (unpaired) electrons. The quantitative estimate of drug-likeness (QED) is 0.477. The van der Waals surface area contributed by atoms with Crippen LogP contribution in [0.15, 0.2) is 42.5 Å². The zero-order valence-corrected chi connectivity index (χ0v) is 14.3. The number of halogens is 3. The summed E-state index contributed by atoms with van der Waals surface area (Å²) < 4.78 is 39.8. The number of tetrazole rings is 2. The SMILES string of the molecule is O=C(Nc1cccc(-c2nn[nH]n2)c1)c1cc(-c2nn[nH]n2)cc(C(F)(F)F)c1. The van der Waals surface area contributed by atoms with E-state index in [0.29, 0.717) is 17.1 Å². The van der Waals surface area contributed by atoms with E-state index >= 15 is 0 Å². The topological polar surface area (TPSA) is 138 Å². The van der Waals surface area contributed by atoms with Crippen LogP contribution in [-0.2, 0) is 6.18 Å². The van der Waals surface area contributed by atoms with E-state index in [1.165, 1.54) is 6.07 Å². The summed E-state index contributed by atoms with van der Waals surface area (Å²) in [5, 5.41) is 28.8. The van der Waals surface area contributed by atoms with Crippen LogP contribution >= 0.6 is 0 Å². The molecule has 13 heteroatoms. The van der Waals surface area contributed by atoms with Crippen molar-refractivity contribution in [1.29, 1.82) is 0 Å². The van der Waals surface area contributed by atoms with E-state index in [4.69, 9.17) is 0 Å². The fourth-order valence-corrected chi connectivity index (χ4v) is 2.56. The Balaban J connectivity index is 1.67. The molecular weight excluding hydrogens is 391 g/mol. The first kappa shape index (κ1) is 18.2. The zero-order valence-electron chi connectivity index (χ0n) is 14.3. The first-order valence-electron chi connectivity index (χ1n) is 8.01. The summed E-state index contributed by atoms with van der Waals surface area (Å²) in [6.07, 6.45) is -4.66. The molecule has 0 aliphatic heterocycles. The molecule has 0 bridgehead atoms. The molecule has 29 heavy (non-hydrogen) atoms. The fraction of sp³-hybridized carbons (Fsp3) is 0.0625. The number of alkyl halides is 3. The Kier molecular flexibility index (Phi) is 4.46. The predicted molar refractivity (Wildman–Crippen MR) is 92.2 cm³/mol. The lowest BCUT2D eigenvalue weighted by Gasteiger charge is -2.11. The van der Waals surface area contributed by atoms with E-state index in [1.807, 2.05) is 0 Å². The third-order valence-corrected chi connectivity index (χ3v) is 3.85. The molecular formula is C16H10F3N9O. The lowest BCUT2D eigenvalue weighted by molar-refractivity contribution is -0.137. The van der Waals surface area contributed by atoms with E-state index in [0.717, 1.165) is 12.1 Å². The van der Waals surface area contributed by atoms with Crippen molar-refractivity contribution >= 4 is 11.6 Å². The lowest BCUT2D eigenvalue weighted by Crippen LogP contribution is -2.14. The molecule has 2 heterocycles. The number of nitrogens with zero attached hydrogens (tertiary/aromatic N) is 6. The second kappa shape index (κ2) is 7.10. The van der Waals surface area contributed by atoms with Gasteiger partial charge in [0.25, 0.3) is 5.91 Å². The third-order valence-electron chi connectivity index (χ3n) is 3.85. The van der Waals surface area contributed by atoms with Gasteiger partial charge in [-0.2, -0.15) is 23.6 Å². The van der Waals surface area contributed by atoms with Gasteiger partial charge >= 0.3 is 6.18 Å². The number of carbonyl (C=O) groups excluding carboxylic acids is 1. The second-order valence-electron chi connectivity index (χ2n) is 5.80. The Morgan fingerprint density at radius 3 is 2.21 bits per heavy atom. The first-order chi connectivity index (χ1) is 13.9. The predicted octanol–water partition coefficient (Wildman–Crippen LogP) is 2.32. The van der Waals surface area contributed by atoms with Gasteiger partial charge in [-0.05, 0) is 40.8 Å². The van der Waals surface area contributed by atoms with E-state index in [-0.39, 0.29) is 17.0 Å². The molecule has 2 aromatic carbocycles. The number of nitrogens with one attached hydrogen (secondary N) is 3. The summed E-state index contributed by atoms with van der Waals surface area (Å²) in [4.78, 5) is 12.6. The molecule has 2 aromatic heterocycles. The molecule has 0 unspecified atom stereocenters. The number of rotatable bonds is 4. The number of hydrogen-bond donors (Lipinski definition) is 3. The second-order valence-corrected chi connectivity index (χ2v) is 5.80. The minimum Gasteiger partial charge on any atom is -0.322 e. The maximum Gasteiger partial charge on any atom is 0.416 e. The number of aromatic amines is 2. The largest absolute Gasteiger partial charge is 0.416 e. The van der Waals surface area contributed by atoms with Crippen LogP contribution in [0.3, 0.4) is 0 Å². The average molecular weight is 401 g/mol. The summed E-state index contributed by atoms with van der Waals surface area (Å²) in [6, 6.07) is 9.32. The molecule has 0 saturated carbocycles. The molecule has 0 atom stereocenters. The van der Waals surface area contributed by atoms with E-state index in [2.05, 4.69) is 46.6 Å². The normalized spacial score (nSPS) is 11.4. The van der Waals surface area contributed by atoms with Gasteiger partial charge < -0.3 is 5.32 Å². The van der Waals surface area contributed by atoms with Crippen LogP contribution in [0.25, 0.3) is 22.8 Å². The van der Waals surface area contributed by atoms with Gasteiger partial charge in [0.2, 0.25) is 11.6 Å². The van der Waals surface area contributed by atoms with Crippen LogP contribution in [0.5, 0.6) is 0 Å². The van der Waals surface area contributed by atoms with E-state index in [1.54, 1.807) is 24.3 Å². The summed E-state index contributed by atoms with van der Waals surface area (Å²) in [5.74, 6) is -0.505. The molecule has 0 aliphatic rings. The highest BCUT2D eigenvalue weighted by Gasteiger charge is 2.32. The number of amides is 1. The highest BCUT2D eigenvalue weighted by Crippen LogP contribution is 2.33. The number of H-pyrrole nitrogens is 2. The van der Waals surface area contributed by atoms with E-state index in [9.17, 15) is 18.0 Å². The molecule has 0 saturated heterocycles. The Labute approximate surface area is 159 Å². The van der Waals surface area contributed by atoms with Gasteiger partial charge in [0, 0.05) is 22.4 Å². The smallest absolute Gasteiger partial charge is 0.322 e. The maximum atomic E-state index is 13.3. The van der Waals surface area contributed by atoms with Crippen molar-refractivity contribution in [2.45, 2.75) is 6.18 Å². The number of aromatic nitrogens is 8. The van der Waals surface area contributed by atoms with Gasteiger partial charge in [0.05, 0.1) is 5.56 Å². The number of carbonyl (C=O) groups is 1. The van der Waals surface area contributed by atoms with E-state index < -0.39 is 17.6 Å². The van der Waals surface area contributed by atoms with Gasteiger partial charge in [0.15, 0.2) is 0 Å². The van der Waals surface area contributed by atoms with Gasteiger partial charge in [-0.3, -0.25) is 4.79 Å². The number of benzene rings is 2. The van der Waals surface area contributed by atoms with Crippen molar-refractivity contribution in [3.05, 3.63) is 53.6 Å². The summed E-state index contributed by atoms with van der Waals surface area (Å²) in [7, 11) is 0. The van der Waals surface area contributed by atoms with Gasteiger partial charge in [-0.25, -0.2) is 0 Å². The molecule has 10 nitrogen and oxygen atoms in total. The number of anilines is 1. The van der Waals surface area contributed by atoms with Crippen molar-refractivity contribution in [2.75, 3.05) is 5.32 Å². The monoisotopic (exact) mass is 401 g/mol. The number of hydrogen-bond acceptors (Lipinski definition) is 7. The molecule has 4 rings (SSSR count). The zero-order chi connectivity index (χ0) is 20.4. The maximum absolute atomic E-state index is 13.3. The van der Waals surface area contributed by atoms with Gasteiger partial charge in [-0.1, -0.05) is 12.1 Å². The van der Waals surface area contributed by atoms with Crippen LogP contribution in [-0.4, -0.2) is 47.2 Å². The van der Waals surface area contributed by atoms with Crippen molar-refractivity contribution in [3.63, 3.8) is 0 Å². The standard InChI is InChI=1S/C16H10F3N9O/c17-16(18,19)11-5-9(14-23-27-28-24-14)4-10(6-11)15(29)20-12-3-1-2-8(7-12)13-21-25-26-22-13/h1-7H,(H,20,29)(H,21,22,25,26)(H,23,24,27,28). The van der Waals surface area contributed by atoms with Crippen molar-refractivity contribution < 1.29 is 18.0 Å². The molecule has 146 valence electrons. The fourth-order valence-electron chi connectivity index (χ4n) is 2.56. The molecule has 1 amide bonds. The lowest BCUT2D eigenvalue weighted by atomic mass is 10.0. The highest BCUT2D eigenvalue weighted by atomic mass is 19.4. The molecule has 0 spiro atoms. The van der Waals surface area contributed by atoms with Crippen molar-refractivity contribution in [2.24, 2.45) is 0 Å². The third kappa shape index (κ3) is 3.92. The Morgan fingerprint density at radius 2 is 1.59 bits per heavy atom. The van der Waals surface area contributed by atoms with Crippen LogP contribution in [0, 0.1) is 0 Å².